The van der Waals surface area contributed by atoms with E-state index in [1.54, 1.807) is 11.3 Å². The summed E-state index contributed by atoms with van der Waals surface area (Å²) >= 11 is 1.80. The maximum Gasteiger partial charge on any atom is 0.164 e. The Hall–Kier alpha value is -6.43. The van der Waals surface area contributed by atoms with Crippen LogP contribution in [-0.4, -0.2) is 15.0 Å². The number of aromatic nitrogens is 3. The van der Waals surface area contributed by atoms with E-state index >= 15 is 0 Å². The van der Waals surface area contributed by atoms with Crippen molar-refractivity contribution in [2.24, 2.45) is 0 Å². The van der Waals surface area contributed by atoms with Gasteiger partial charge in [0.1, 0.15) is 11.2 Å². The predicted octanol–water partition coefficient (Wildman–Crippen LogP) is 12.5. The van der Waals surface area contributed by atoms with Gasteiger partial charge in [-0.15, -0.1) is 11.3 Å². The molecule has 0 aliphatic heterocycles. The van der Waals surface area contributed by atoms with Crippen molar-refractivity contribution in [1.29, 1.82) is 0 Å². The number of hydrogen-bond donors (Lipinski definition) is 0. The second kappa shape index (κ2) is 11.6. The van der Waals surface area contributed by atoms with Gasteiger partial charge in [-0.05, 0) is 35.4 Å². The summed E-state index contributed by atoms with van der Waals surface area (Å²) in [4.78, 5) is 14.9. The van der Waals surface area contributed by atoms with Gasteiger partial charge in [-0.2, -0.15) is 0 Å². The summed E-state index contributed by atoms with van der Waals surface area (Å²) in [6.07, 6.45) is 0. The Morgan fingerprint density at radius 2 is 0.980 bits per heavy atom. The van der Waals surface area contributed by atoms with Crippen LogP contribution < -0.4 is 0 Å². The quantitative estimate of drug-likeness (QED) is 0.185. The Bertz CT molecular complexity index is 2800. The largest absolute Gasteiger partial charge is 0.455 e. The molecule has 0 aliphatic carbocycles. The number of thiophene rings is 1. The SMILES string of the molecule is c1ccc(-c2cc(-c3cccc4c3sc3cc(-c5nc(-c6ccccc6)nc(-c6ccccc6)n5)ccc34)c3oc4ccccc4c3c2)cc1. The van der Waals surface area contributed by atoms with E-state index in [0.29, 0.717) is 17.5 Å². The summed E-state index contributed by atoms with van der Waals surface area (Å²) in [5.41, 5.74) is 9.25. The molecule has 10 aromatic rings. The van der Waals surface area contributed by atoms with Crippen LogP contribution in [0.5, 0.6) is 0 Å². The van der Waals surface area contributed by atoms with Crippen molar-refractivity contribution < 1.29 is 4.42 Å². The molecule has 0 saturated heterocycles. The van der Waals surface area contributed by atoms with Gasteiger partial charge < -0.3 is 4.42 Å². The fourth-order valence-electron chi connectivity index (χ4n) is 6.91. The van der Waals surface area contributed by atoms with E-state index < -0.39 is 0 Å². The maximum absolute atomic E-state index is 6.61. The first-order valence-electron chi connectivity index (χ1n) is 16.6. The zero-order valence-corrected chi connectivity index (χ0v) is 27.6. The van der Waals surface area contributed by atoms with Gasteiger partial charge in [0.05, 0.1) is 0 Å². The van der Waals surface area contributed by atoms with E-state index in [1.165, 1.54) is 31.3 Å². The molecule has 50 heavy (non-hydrogen) atoms. The van der Waals surface area contributed by atoms with Crippen LogP contribution in [0.3, 0.4) is 0 Å². The van der Waals surface area contributed by atoms with Crippen molar-refractivity contribution in [3.05, 3.63) is 164 Å². The minimum Gasteiger partial charge on any atom is -0.455 e. The molecule has 0 unspecified atom stereocenters. The first-order chi connectivity index (χ1) is 24.8. The van der Waals surface area contributed by atoms with Crippen LogP contribution in [0.4, 0.5) is 0 Å². The molecule has 0 bridgehead atoms. The molecular formula is C45H27N3OS. The van der Waals surface area contributed by atoms with Gasteiger partial charge in [0.15, 0.2) is 17.5 Å². The topological polar surface area (TPSA) is 51.8 Å². The summed E-state index contributed by atoms with van der Waals surface area (Å²) in [6, 6.07) is 56.8. The number of furan rings is 1. The van der Waals surface area contributed by atoms with Crippen LogP contribution >= 0.6 is 11.3 Å². The van der Waals surface area contributed by atoms with Crippen LogP contribution in [0.1, 0.15) is 0 Å². The number of benzene rings is 7. The smallest absolute Gasteiger partial charge is 0.164 e. The van der Waals surface area contributed by atoms with Crippen LogP contribution in [-0.2, 0) is 0 Å². The van der Waals surface area contributed by atoms with E-state index in [4.69, 9.17) is 19.4 Å². The molecule has 5 heteroatoms. The summed E-state index contributed by atoms with van der Waals surface area (Å²) in [5.74, 6) is 1.96. The van der Waals surface area contributed by atoms with Gasteiger partial charge in [0.2, 0.25) is 0 Å². The molecule has 4 nitrogen and oxygen atoms in total. The number of hydrogen-bond acceptors (Lipinski definition) is 5. The lowest BCUT2D eigenvalue weighted by molar-refractivity contribution is 0.670. The van der Waals surface area contributed by atoms with Gasteiger partial charge >= 0.3 is 0 Å². The van der Waals surface area contributed by atoms with Crippen LogP contribution in [0, 0.1) is 0 Å². The number of para-hydroxylation sites is 1. The number of rotatable bonds is 5. The first kappa shape index (κ1) is 28.6. The summed E-state index contributed by atoms with van der Waals surface area (Å²) in [6.45, 7) is 0. The van der Waals surface area contributed by atoms with Gasteiger partial charge in [-0.3, -0.25) is 0 Å². The van der Waals surface area contributed by atoms with Gasteiger partial charge in [0, 0.05) is 58.8 Å². The van der Waals surface area contributed by atoms with Crippen molar-refractivity contribution in [2.45, 2.75) is 0 Å². The fourth-order valence-corrected chi connectivity index (χ4v) is 8.18. The highest BCUT2D eigenvalue weighted by Crippen LogP contribution is 2.45. The maximum atomic E-state index is 6.61. The summed E-state index contributed by atoms with van der Waals surface area (Å²) in [7, 11) is 0. The van der Waals surface area contributed by atoms with Crippen molar-refractivity contribution in [1.82, 2.24) is 15.0 Å². The molecule has 3 heterocycles. The molecule has 0 N–H and O–H groups in total. The Morgan fingerprint density at radius 3 is 1.68 bits per heavy atom. The van der Waals surface area contributed by atoms with Crippen molar-refractivity contribution >= 4 is 53.4 Å². The molecule has 0 amide bonds. The molecule has 0 atom stereocenters. The van der Waals surface area contributed by atoms with Crippen molar-refractivity contribution in [3.8, 4) is 56.4 Å². The fraction of sp³-hybridized carbons (Fsp3) is 0. The monoisotopic (exact) mass is 657 g/mol. The second-order valence-corrected chi connectivity index (χ2v) is 13.5. The van der Waals surface area contributed by atoms with Crippen LogP contribution in [0.2, 0.25) is 0 Å². The van der Waals surface area contributed by atoms with Crippen molar-refractivity contribution in [2.75, 3.05) is 0 Å². The number of nitrogens with zero attached hydrogens (tertiary/aromatic N) is 3. The molecule has 0 fully saturated rings. The van der Waals surface area contributed by atoms with Crippen molar-refractivity contribution in [3.63, 3.8) is 0 Å². The Kier molecular flexibility index (Phi) is 6.64. The summed E-state index contributed by atoms with van der Waals surface area (Å²) in [5, 5.41) is 4.66. The lowest BCUT2D eigenvalue weighted by Gasteiger charge is -2.09. The highest BCUT2D eigenvalue weighted by Gasteiger charge is 2.19. The average molecular weight is 658 g/mol. The Balaban J connectivity index is 1.17. The Morgan fingerprint density at radius 1 is 0.380 bits per heavy atom. The third kappa shape index (κ3) is 4.79. The van der Waals surface area contributed by atoms with E-state index in [-0.39, 0.29) is 0 Å². The third-order valence-corrected chi connectivity index (χ3v) is 10.5. The first-order valence-corrected chi connectivity index (χ1v) is 17.4. The Labute approximate surface area is 292 Å². The van der Waals surface area contributed by atoms with E-state index in [1.807, 2.05) is 66.7 Å². The lowest BCUT2D eigenvalue weighted by atomic mass is 9.95. The lowest BCUT2D eigenvalue weighted by Crippen LogP contribution is -1.99. The minimum absolute atomic E-state index is 0.650. The zero-order valence-electron chi connectivity index (χ0n) is 26.7. The normalized spacial score (nSPS) is 11.6. The zero-order chi connectivity index (χ0) is 33.0. The van der Waals surface area contributed by atoms with Crippen LogP contribution in [0.15, 0.2) is 168 Å². The van der Waals surface area contributed by atoms with E-state index in [2.05, 4.69) is 97.1 Å². The molecule has 7 aromatic carbocycles. The minimum atomic E-state index is 0.650. The standard InChI is InChI=1S/C45H27N3OS/c1-4-13-28(14-5-1)32-25-37-33-19-10-11-22-39(33)49-41(37)38(26-32)36-21-12-20-35-34-24-23-31(27-40(34)50-42(35)36)45-47-43(29-15-6-2-7-16-29)46-44(48-45)30-17-8-3-9-18-30/h1-27H. The third-order valence-electron chi connectivity index (χ3n) is 9.33. The highest BCUT2D eigenvalue weighted by molar-refractivity contribution is 7.26. The van der Waals surface area contributed by atoms with E-state index in [0.717, 1.165) is 49.8 Å². The number of fused-ring (bicyclic) bond motifs is 6. The molecular weight excluding hydrogens is 631 g/mol. The van der Waals surface area contributed by atoms with Gasteiger partial charge in [-0.1, -0.05) is 140 Å². The highest BCUT2D eigenvalue weighted by atomic mass is 32.1. The molecule has 0 radical (unpaired) electrons. The molecule has 0 aliphatic rings. The van der Waals surface area contributed by atoms with Gasteiger partial charge in [0.25, 0.3) is 0 Å². The molecule has 234 valence electrons. The van der Waals surface area contributed by atoms with Gasteiger partial charge in [-0.25, -0.2) is 15.0 Å². The van der Waals surface area contributed by atoms with E-state index in [9.17, 15) is 0 Å². The molecule has 0 saturated carbocycles. The molecule has 3 aromatic heterocycles. The predicted molar refractivity (Wildman–Crippen MR) is 207 cm³/mol. The second-order valence-electron chi connectivity index (χ2n) is 12.4. The molecule has 10 rings (SSSR count). The average Bonchev–Trinajstić information content (AvgIpc) is 3.77. The van der Waals surface area contributed by atoms with Crippen LogP contribution in [0.25, 0.3) is 98.5 Å². The molecule has 0 spiro atoms. The summed E-state index contributed by atoms with van der Waals surface area (Å²) < 4.78 is 9.00.